The first kappa shape index (κ1) is 14.5. The molecule has 0 saturated heterocycles. The lowest BCUT2D eigenvalue weighted by Gasteiger charge is -2.07. The Bertz CT molecular complexity index is 836. The topological polar surface area (TPSA) is 85.8 Å². The standard InChI is InChI=1S/C15H17N5OS/c1-9-7-10(8-12-14(9)19-15(16)22-12)18-13(21)4-3-11-5-6-17-20(11)2/h5-8H,3-4H2,1-2H3,(H2,16,19)(H,18,21). The van der Waals surface area contributed by atoms with Crippen LogP contribution in [0.3, 0.4) is 0 Å². The van der Waals surface area contributed by atoms with E-state index in [0.29, 0.717) is 18.0 Å². The van der Waals surface area contributed by atoms with Gasteiger partial charge in [0.25, 0.3) is 0 Å². The van der Waals surface area contributed by atoms with Crippen LogP contribution in [0.15, 0.2) is 24.4 Å². The summed E-state index contributed by atoms with van der Waals surface area (Å²) in [5, 5.41) is 7.57. The minimum absolute atomic E-state index is 0.0163. The van der Waals surface area contributed by atoms with Crippen molar-refractivity contribution in [2.45, 2.75) is 19.8 Å². The van der Waals surface area contributed by atoms with E-state index >= 15 is 0 Å². The van der Waals surface area contributed by atoms with Gasteiger partial charge in [0.05, 0.1) is 10.2 Å². The average Bonchev–Trinajstić information content (AvgIpc) is 3.02. The number of amides is 1. The molecule has 0 radical (unpaired) electrons. The summed E-state index contributed by atoms with van der Waals surface area (Å²) in [7, 11) is 1.87. The predicted molar refractivity (Wildman–Crippen MR) is 88.9 cm³/mol. The number of hydrogen-bond donors (Lipinski definition) is 2. The van der Waals surface area contributed by atoms with Gasteiger partial charge in [0.1, 0.15) is 0 Å². The van der Waals surface area contributed by atoms with E-state index in [1.54, 1.807) is 10.9 Å². The van der Waals surface area contributed by atoms with Gasteiger partial charge in [0, 0.05) is 31.0 Å². The molecule has 0 aliphatic rings. The van der Waals surface area contributed by atoms with Gasteiger partial charge in [-0.15, -0.1) is 0 Å². The predicted octanol–water partition coefficient (Wildman–Crippen LogP) is 2.49. The molecule has 1 amide bonds. The van der Waals surface area contributed by atoms with Crippen molar-refractivity contribution in [2.75, 3.05) is 11.1 Å². The number of benzene rings is 1. The number of nitrogen functional groups attached to an aromatic ring is 1. The van der Waals surface area contributed by atoms with Gasteiger partial charge in [-0.2, -0.15) is 5.10 Å². The highest BCUT2D eigenvalue weighted by Gasteiger charge is 2.09. The lowest BCUT2D eigenvalue weighted by atomic mass is 10.2. The maximum absolute atomic E-state index is 12.1. The van der Waals surface area contributed by atoms with Gasteiger partial charge < -0.3 is 11.1 Å². The average molecular weight is 315 g/mol. The van der Waals surface area contributed by atoms with E-state index in [0.717, 1.165) is 27.2 Å². The lowest BCUT2D eigenvalue weighted by molar-refractivity contribution is -0.116. The normalized spacial score (nSPS) is 11.0. The van der Waals surface area contributed by atoms with Gasteiger partial charge >= 0.3 is 0 Å². The first-order chi connectivity index (χ1) is 10.5. The Labute approximate surface area is 132 Å². The van der Waals surface area contributed by atoms with Gasteiger partial charge in [-0.3, -0.25) is 9.48 Å². The molecular weight excluding hydrogens is 298 g/mol. The minimum atomic E-state index is -0.0163. The third-order valence-electron chi connectivity index (χ3n) is 3.52. The number of carbonyl (C=O) groups excluding carboxylic acids is 1. The Balaban J connectivity index is 1.70. The van der Waals surface area contributed by atoms with E-state index in [1.807, 2.05) is 32.2 Å². The molecule has 3 rings (SSSR count). The fourth-order valence-corrected chi connectivity index (χ4v) is 3.25. The second kappa shape index (κ2) is 5.76. The number of nitrogens with zero attached hydrogens (tertiary/aromatic N) is 3. The number of thiazole rings is 1. The Morgan fingerprint density at radius 2 is 2.27 bits per heavy atom. The smallest absolute Gasteiger partial charge is 0.224 e. The van der Waals surface area contributed by atoms with Gasteiger partial charge in [-0.05, 0) is 37.1 Å². The van der Waals surface area contributed by atoms with Crippen LogP contribution < -0.4 is 11.1 Å². The van der Waals surface area contributed by atoms with Crippen molar-refractivity contribution in [1.29, 1.82) is 0 Å². The number of carbonyl (C=O) groups is 1. The number of nitrogens with one attached hydrogen (secondary N) is 1. The van der Waals surface area contributed by atoms with Gasteiger partial charge in [-0.1, -0.05) is 11.3 Å². The molecule has 2 heterocycles. The van der Waals surface area contributed by atoms with E-state index in [2.05, 4.69) is 15.4 Å². The van der Waals surface area contributed by atoms with Crippen LogP contribution in [-0.2, 0) is 18.3 Å². The molecule has 6 nitrogen and oxygen atoms in total. The molecule has 3 aromatic rings. The van der Waals surface area contributed by atoms with Crippen molar-refractivity contribution in [3.63, 3.8) is 0 Å². The fourth-order valence-electron chi connectivity index (χ4n) is 2.40. The number of fused-ring (bicyclic) bond motifs is 1. The van der Waals surface area contributed by atoms with Crippen molar-refractivity contribution in [1.82, 2.24) is 14.8 Å². The molecule has 0 bridgehead atoms. The van der Waals surface area contributed by atoms with E-state index in [4.69, 9.17) is 5.73 Å². The van der Waals surface area contributed by atoms with Crippen molar-refractivity contribution >= 4 is 38.3 Å². The first-order valence-corrected chi connectivity index (χ1v) is 7.78. The summed E-state index contributed by atoms with van der Waals surface area (Å²) >= 11 is 1.42. The summed E-state index contributed by atoms with van der Waals surface area (Å²) in [5.74, 6) is -0.0163. The molecule has 22 heavy (non-hydrogen) atoms. The van der Waals surface area contributed by atoms with Crippen molar-refractivity contribution in [3.8, 4) is 0 Å². The molecule has 0 fully saturated rings. The van der Waals surface area contributed by atoms with Crippen molar-refractivity contribution in [2.24, 2.45) is 7.05 Å². The molecule has 1 aromatic carbocycles. The van der Waals surface area contributed by atoms with Crippen LogP contribution in [0.2, 0.25) is 0 Å². The van der Waals surface area contributed by atoms with Gasteiger partial charge in [-0.25, -0.2) is 4.98 Å². The Kier molecular flexibility index (Phi) is 3.81. The summed E-state index contributed by atoms with van der Waals surface area (Å²) in [5.41, 5.74) is 9.46. The molecule has 0 atom stereocenters. The highest BCUT2D eigenvalue weighted by Crippen LogP contribution is 2.29. The number of aromatic nitrogens is 3. The molecule has 0 unspecified atom stereocenters. The van der Waals surface area contributed by atoms with E-state index in [9.17, 15) is 4.79 Å². The summed E-state index contributed by atoms with van der Waals surface area (Å²) < 4.78 is 2.77. The highest BCUT2D eigenvalue weighted by molar-refractivity contribution is 7.22. The van der Waals surface area contributed by atoms with Gasteiger partial charge in [0.15, 0.2) is 5.13 Å². The molecule has 0 aliphatic heterocycles. The summed E-state index contributed by atoms with van der Waals surface area (Å²) in [6, 6.07) is 5.76. The maximum Gasteiger partial charge on any atom is 0.224 e. The highest BCUT2D eigenvalue weighted by atomic mass is 32.1. The molecular formula is C15H17N5OS. The molecule has 3 N–H and O–H groups in total. The van der Waals surface area contributed by atoms with Crippen molar-refractivity contribution < 1.29 is 4.79 Å². The maximum atomic E-state index is 12.1. The number of hydrogen-bond acceptors (Lipinski definition) is 5. The van der Waals surface area contributed by atoms with Crippen LogP contribution in [0.4, 0.5) is 10.8 Å². The molecule has 2 aromatic heterocycles. The minimum Gasteiger partial charge on any atom is -0.375 e. The zero-order valence-corrected chi connectivity index (χ0v) is 13.3. The zero-order chi connectivity index (χ0) is 15.7. The Morgan fingerprint density at radius 1 is 1.45 bits per heavy atom. The fraction of sp³-hybridized carbons (Fsp3) is 0.267. The van der Waals surface area contributed by atoms with Crippen LogP contribution in [0.25, 0.3) is 10.2 Å². The molecule has 7 heteroatoms. The van der Waals surface area contributed by atoms with E-state index in [1.165, 1.54) is 11.3 Å². The lowest BCUT2D eigenvalue weighted by Crippen LogP contribution is -2.13. The van der Waals surface area contributed by atoms with Gasteiger partial charge in [0.2, 0.25) is 5.91 Å². The SMILES string of the molecule is Cc1cc(NC(=O)CCc2ccnn2C)cc2sc(N)nc12. The Morgan fingerprint density at radius 3 is 3.00 bits per heavy atom. The monoisotopic (exact) mass is 315 g/mol. The number of nitrogens with two attached hydrogens (primary N) is 1. The van der Waals surface area contributed by atoms with Crippen LogP contribution >= 0.6 is 11.3 Å². The van der Waals surface area contributed by atoms with Crippen LogP contribution in [-0.4, -0.2) is 20.7 Å². The molecule has 0 spiro atoms. The number of rotatable bonds is 4. The number of aryl methyl sites for hydroxylation is 3. The summed E-state index contributed by atoms with van der Waals surface area (Å²) in [4.78, 5) is 16.4. The summed E-state index contributed by atoms with van der Waals surface area (Å²) in [6.45, 7) is 1.97. The second-order valence-corrected chi connectivity index (χ2v) is 6.25. The largest absolute Gasteiger partial charge is 0.375 e. The second-order valence-electron chi connectivity index (χ2n) is 5.19. The van der Waals surface area contributed by atoms with E-state index in [-0.39, 0.29) is 5.91 Å². The quantitative estimate of drug-likeness (QED) is 0.774. The van der Waals surface area contributed by atoms with Crippen LogP contribution in [0, 0.1) is 6.92 Å². The summed E-state index contributed by atoms with van der Waals surface area (Å²) in [6.07, 6.45) is 2.82. The van der Waals surface area contributed by atoms with Crippen LogP contribution in [0.1, 0.15) is 17.7 Å². The zero-order valence-electron chi connectivity index (χ0n) is 12.5. The molecule has 0 aliphatic carbocycles. The third-order valence-corrected chi connectivity index (χ3v) is 4.35. The first-order valence-electron chi connectivity index (χ1n) is 6.96. The van der Waals surface area contributed by atoms with Crippen molar-refractivity contribution in [3.05, 3.63) is 35.7 Å². The third kappa shape index (κ3) is 2.94. The van der Waals surface area contributed by atoms with E-state index < -0.39 is 0 Å². The molecule has 114 valence electrons. The van der Waals surface area contributed by atoms with Crippen LogP contribution in [0.5, 0.6) is 0 Å². The molecule has 0 saturated carbocycles. The Hall–Kier alpha value is -2.41. The number of anilines is 2.